The van der Waals surface area contributed by atoms with E-state index in [1.54, 1.807) is 0 Å². The first kappa shape index (κ1) is 40.7. The Morgan fingerprint density at radius 2 is 1.01 bits per heavy atom. The average Bonchev–Trinajstić information content (AvgIpc) is 3.59. The largest absolute Gasteiger partial charge is 0.335 e. The molecule has 1 aliphatic carbocycles. The van der Waals surface area contributed by atoms with Gasteiger partial charge in [0.05, 0.1) is 11.2 Å². The molecule has 328 valence electrons. The Morgan fingerprint density at radius 3 is 1.66 bits per heavy atom. The van der Waals surface area contributed by atoms with Crippen LogP contribution in [0.3, 0.4) is 0 Å². The van der Waals surface area contributed by atoms with Gasteiger partial charge in [0, 0.05) is 45.2 Å². The minimum absolute atomic E-state index is 0.00478. The van der Waals surface area contributed by atoms with Crippen molar-refractivity contribution in [3.63, 3.8) is 0 Å². The second-order valence-corrected chi connectivity index (χ2v) is 20.2. The van der Waals surface area contributed by atoms with Gasteiger partial charge in [0.25, 0.3) is 6.71 Å². The summed E-state index contributed by atoms with van der Waals surface area (Å²) in [7, 11) is 0. The lowest BCUT2D eigenvalue weighted by molar-refractivity contribution is 0.195. The Bertz CT molecular complexity index is 3390. The van der Waals surface area contributed by atoms with Crippen molar-refractivity contribution in [1.82, 2.24) is 0 Å². The quantitative estimate of drug-likeness (QED) is 0.148. The lowest BCUT2D eigenvalue weighted by atomic mass is 9.33. The highest BCUT2D eigenvalue weighted by Crippen LogP contribution is 2.63. The third kappa shape index (κ3) is 6.13. The molecule has 9 aromatic carbocycles. The first-order chi connectivity index (χ1) is 33.3. The molecular weight excluding hydrogens is 822 g/mol. The molecule has 1 fully saturated rings. The van der Waals surface area contributed by atoms with Gasteiger partial charge in [-0.25, -0.2) is 0 Å². The van der Waals surface area contributed by atoms with E-state index in [1.165, 1.54) is 102 Å². The Hall–Kier alpha value is -7.56. The summed E-state index contributed by atoms with van der Waals surface area (Å²) in [6.45, 7) is 9.61. The van der Waals surface area contributed by atoms with Gasteiger partial charge in [-0.1, -0.05) is 165 Å². The SMILES string of the molecule is Cc1cccc(N(c2cccc(C)c2)c2cc3c4c(c2)N2c5c(cc(-c6ccccc6)cc5C5(C)CCCCC25C)B4c2ccc(-c4ccccc4)cc2N3c2cccc(-c3ccccc3)c2)c1. The van der Waals surface area contributed by atoms with Gasteiger partial charge in [-0.15, -0.1) is 0 Å². The second-order valence-electron chi connectivity index (χ2n) is 20.2. The Balaban J connectivity index is 1.17. The standard InChI is InChI=1S/C64H54BN3/c1-43-19-16-28-51(35-43)66(52-29-17-20-44(2)36-52)54-41-59-61-60(42-54)68-62-55(63(3)33-14-15-34-64(63,68)4)38-50(47-25-12-7-13-26-47)39-57(62)65(61)56-32-31-49(46-23-10-6-11-24-46)40-58(56)67(59)53-30-18-27-48(37-53)45-21-8-5-9-22-45/h5-13,16-32,35-42H,14-15,33-34H2,1-4H3. The molecule has 0 bridgehead atoms. The molecular formula is C64H54BN3. The number of fused-ring (bicyclic) bond motifs is 7. The maximum absolute atomic E-state index is 2.87. The molecule has 3 heterocycles. The first-order valence-electron chi connectivity index (χ1n) is 24.6. The molecule has 0 amide bonds. The zero-order chi connectivity index (χ0) is 45.7. The number of aryl methyl sites for hydroxylation is 2. The van der Waals surface area contributed by atoms with Crippen molar-refractivity contribution in [3.05, 3.63) is 223 Å². The number of rotatable bonds is 7. The van der Waals surface area contributed by atoms with Gasteiger partial charge in [0.15, 0.2) is 0 Å². The highest BCUT2D eigenvalue weighted by molar-refractivity contribution is 7.00. The van der Waals surface area contributed by atoms with Crippen LogP contribution in [-0.4, -0.2) is 12.3 Å². The molecule has 13 rings (SSSR count). The monoisotopic (exact) mass is 875 g/mol. The topological polar surface area (TPSA) is 9.72 Å². The minimum Gasteiger partial charge on any atom is -0.335 e. The van der Waals surface area contributed by atoms with Crippen molar-refractivity contribution in [2.24, 2.45) is 0 Å². The van der Waals surface area contributed by atoms with Crippen LogP contribution < -0.4 is 31.1 Å². The van der Waals surface area contributed by atoms with Gasteiger partial charge in [-0.05, 0) is 161 Å². The maximum Gasteiger partial charge on any atom is 0.252 e. The molecule has 0 saturated heterocycles. The molecule has 0 aromatic heterocycles. The van der Waals surface area contributed by atoms with Crippen molar-refractivity contribution < 1.29 is 0 Å². The molecule has 0 N–H and O–H groups in total. The van der Waals surface area contributed by atoms with E-state index in [9.17, 15) is 0 Å². The fourth-order valence-corrected chi connectivity index (χ4v) is 12.8. The van der Waals surface area contributed by atoms with Gasteiger partial charge < -0.3 is 14.7 Å². The average molecular weight is 876 g/mol. The van der Waals surface area contributed by atoms with Crippen molar-refractivity contribution in [2.75, 3.05) is 14.7 Å². The molecule has 2 unspecified atom stereocenters. The zero-order valence-corrected chi connectivity index (χ0v) is 39.4. The van der Waals surface area contributed by atoms with E-state index in [0.717, 1.165) is 35.6 Å². The third-order valence-electron chi connectivity index (χ3n) is 16.2. The van der Waals surface area contributed by atoms with Crippen LogP contribution in [0, 0.1) is 13.8 Å². The summed E-state index contributed by atoms with van der Waals surface area (Å²) in [6, 6.07) is 77.7. The van der Waals surface area contributed by atoms with Crippen LogP contribution in [0.4, 0.5) is 45.5 Å². The summed E-state index contributed by atoms with van der Waals surface area (Å²) in [6.07, 6.45) is 4.73. The molecule has 4 heteroatoms. The zero-order valence-electron chi connectivity index (χ0n) is 39.4. The van der Waals surface area contributed by atoms with Crippen LogP contribution in [0.5, 0.6) is 0 Å². The van der Waals surface area contributed by atoms with Crippen LogP contribution in [0.25, 0.3) is 33.4 Å². The van der Waals surface area contributed by atoms with Crippen LogP contribution in [0.15, 0.2) is 206 Å². The van der Waals surface area contributed by atoms with E-state index >= 15 is 0 Å². The van der Waals surface area contributed by atoms with Crippen LogP contribution in [0.1, 0.15) is 56.2 Å². The van der Waals surface area contributed by atoms with Crippen LogP contribution >= 0.6 is 0 Å². The molecule has 1 saturated carbocycles. The molecule has 68 heavy (non-hydrogen) atoms. The molecule has 2 atom stereocenters. The van der Waals surface area contributed by atoms with E-state index in [4.69, 9.17) is 0 Å². The van der Waals surface area contributed by atoms with Gasteiger partial charge in [-0.2, -0.15) is 0 Å². The molecule has 4 aliphatic rings. The normalized spacial score (nSPS) is 18.4. The number of anilines is 8. The van der Waals surface area contributed by atoms with Gasteiger partial charge in [0.2, 0.25) is 0 Å². The van der Waals surface area contributed by atoms with E-state index in [1.807, 2.05) is 0 Å². The highest BCUT2D eigenvalue weighted by atomic mass is 15.3. The number of hydrogen-bond donors (Lipinski definition) is 0. The highest BCUT2D eigenvalue weighted by Gasteiger charge is 2.61. The van der Waals surface area contributed by atoms with Crippen molar-refractivity contribution in [3.8, 4) is 33.4 Å². The number of nitrogens with zero attached hydrogens (tertiary/aromatic N) is 3. The number of benzene rings is 9. The molecule has 0 spiro atoms. The molecule has 0 radical (unpaired) electrons. The van der Waals surface area contributed by atoms with Gasteiger partial charge in [-0.3, -0.25) is 0 Å². The third-order valence-corrected chi connectivity index (χ3v) is 16.2. The summed E-state index contributed by atoms with van der Waals surface area (Å²) >= 11 is 0. The van der Waals surface area contributed by atoms with Crippen molar-refractivity contribution in [2.45, 2.75) is 64.3 Å². The van der Waals surface area contributed by atoms with Crippen molar-refractivity contribution >= 4 is 68.6 Å². The van der Waals surface area contributed by atoms with E-state index in [-0.39, 0.29) is 17.7 Å². The molecule has 9 aromatic rings. The second kappa shape index (κ2) is 15.5. The fourth-order valence-electron chi connectivity index (χ4n) is 12.8. The van der Waals surface area contributed by atoms with Crippen molar-refractivity contribution in [1.29, 1.82) is 0 Å². The Kier molecular flexibility index (Phi) is 9.28. The lowest BCUT2D eigenvalue weighted by Crippen LogP contribution is -2.64. The number of hydrogen-bond acceptors (Lipinski definition) is 3. The molecule has 3 aliphatic heterocycles. The lowest BCUT2D eigenvalue weighted by Gasteiger charge is -2.53. The Labute approximate surface area is 402 Å². The van der Waals surface area contributed by atoms with Gasteiger partial charge >= 0.3 is 0 Å². The van der Waals surface area contributed by atoms with E-state index < -0.39 is 0 Å². The first-order valence-corrected chi connectivity index (χ1v) is 24.6. The fraction of sp³-hybridized carbons (Fsp3) is 0.156. The predicted molar refractivity (Wildman–Crippen MR) is 289 cm³/mol. The minimum atomic E-state index is -0.151. The smallest absolute Gasteiger partial charge is 0.252 e. The summed E-state index contributed by atoms with van der Waals surface area (Å²) < 4.78 is 0. The Morgan fingerprint density at radius 1 is 0.441 bits per heavy atom. The maximum atomic E-state index is 2.87. The van der Waals surface area contributed by atoms with Crippen LogP contribution in [-0.2, 0) is 5.41 Å². The summed E-state index contributed by atoms with van der Waals surface area (Å²) in [5.41, 5.74) is 25.1. The van der Waals surface area contributed by atoms with Crippen LogP contribution in [0.2, 0.25) is 0 Å². The summed E-state index contributed by atoms with van der Waals surface area (Å²) in [4.78, 5) is 7.99. The van der Waals surface area contributed by atoms with Gasteiger partial charge in [0.1, 0.15) is 0 Å². The summed E-state index contributed by atoms with van der Waals surface area (Å²) in [5.74, 6) is 0. The van der Waals surface area contributed by atoms with E-state index in [2.05, 4.69) is 249 Å². The summed E-state index contributed by atoms with van der Waals surface area (Å²) in [5, 5.41) is 0. The molecule has 3 nitrogen and oxygen atoms in total. The van der Waals surface area contributed by atoms with E-state index in [0.29, 0.717) is 0 Å². The predicted octanol–water partition coefficient (Wildman–Crippen LogP) is 15.1.